The van der Waals surface area contributed by atoms with Gasteiger partial charge in [0.25, 0.3) is 0 Å². The van der Waals surface area contributed by atoms with Crippen LogP contribution in [0.5, 0.6) is 0 Å². The number of aromatic amines is 1. The third-order valence-corrected chi connectivity index (χ3v) is 10.3. The minimum absolute atomic E-state index is 0. The SMILES string of the molecule is O=C(O)c1ccc(-c2c(-c3ccc(C(=O)O)cc3)c3c(-c4ccc(C(=O)O)cc4)c4nc(cc5ccc(cc6nc(cc2n3-c2ccc(C(=O)O)cc2)C=C6)[nH]5)C=C4)cc1.[Co]. The first-order valence-electron chi connectivity index (χ1n) is 18.5. The fourth-order valence-corrected chi connectivity index (χ4v) is 7.51. The normalized spacial score (nSPS) is 11.5. The molecule has 13 heteroatoms. The molecule has 4 aromatic carbocycles. The molecule has 8 bridgehead atoms. The van der Waals surface area contributed by atoms with Crippen LogP contribution < -0.4 is 0 Å². The van der Waals surface area contributed by atoms with E-state index < -0.39 is 23.9 Å². The van der Waals surface area contributed by atoms with Crippen LogP contribution in [0, 0.1) is 0 Å². The summed E-state index contributed by atoms with van der Waals surface area (Å²) in [5, 5.41) is 39.6. The van der Waals surface area contributed by atoms with Crippen LogP contribution in [-0.2, 0) is 16.8 Å². The van der Waals surface area contributed by atoms with Gasteiger partial charge in [0.05, 0.1) is 56.1 Å². The van der Waals surface area contributed by atoms with Crippen molar-refractivity contribution in [2.24, 2.45) is 0 Å². The maximum atomic E-state index is 12.1. The van der Waals surface area contributed by atoms with Crippen molar-refractivity contribution in [3.05, 3.63) is 172 Å². The number of hydrogen-bond donors (Lipinski definition) is 5. The molecule has 2 aliphatic rings. The second-order valence-corrected chi connectivity index (χ2v) is 14.0. The Kier molecular flexibility index (Phi) is 10.3. The van der Waals surface area contributed by atoms with Crippen molar-refractivity contribution in [2.45, 2.75) is 0 Å². The second kappa shape index (κ2) is 15.9. The number of fused-ring (bicyclic) bond motifs is 8. The zero-order valence-corrected chi connectivity index (χ0v) is 32.6. The molecule has 12 nitrogen and oxygen atoms in total. The van der Waals surface area contributed by atoms with Crippen LogP contribution in [0.4, 0.5) is 0 Å². The van der Waals surface area contributed by atoms with E-state index in [9.17, 15) is 39.6 Å². The van der Waals surface area contributed by atoms with E-state index >= 15 is 0 Å². The molecule has 0 saturated carbocycles. The van der Waals surface area contributed by atoms with Gasteiger partial charge in [0.1, 0.15) is 0 Å². The van der Waals surface area contributed by atoms with Crippen molar-refractivity contribution >= 4 is 70.2 Å². The number of rotatable bonds is 8. The van der Waals surface area contributed by atoms with E-state index in [0.717, 1.165) is 11.0 Å². The smallest absolute Gasteiger partial charge is 0.335 e. The van der Waals surface area contributed by atoms with Gasteiger partial charge in [0.2, 0.25) is 0 Å². The molecule has 61 heavy (non-hydrogen) atoms. The van der Waals surface area contributed by atoms with Crippen molar-refractivity contribution < 1.29 is 56.4 Å². The topological polar surface area (TPSA) is 196 Å². The number of hydrogen-bond acceptors (Lipinski definition) is 6. The largest absolute Gasteiger partial charge is 0.478 e. The molecular formula is C48H30CoN4O8. The van der Waals surface area contributed by atoms with Gasteiger partial charge >= 0.3 is 23.9 Å². The Labute approximate surface area is 356 Å². The standard InChI is InChI=1S/C48H30N4O8.Co/c53-45(54)29-7-1-26(2-8-29)41-39-22-19-36(51-39)24-35-16-15-33(49-35)23-34-17-18-37(50-34)25-40-42(27-3-9-30(10-4-27)46(55)56)43(28-5-11-31(12-6-28)47(57)58)44(41)52(40)38-20-13-32(14-21-38)48(59)60;/h1-25,49H,(H,53,54)(H,55,56)(H,57,58)(H,59,60);. The van der Waals surface area contributed by atoms with E-state index in [-0.39, 0.29) is 39.0 Å². The van der Waals surface area contributed by atoms with Gasteiger partial charge in [-0.25, -0.2) is 29.1 Å². The number of carboxylic acid groups (broad SMARTS) is 4. The van der Waals surface area contributed by atoms with Gasteiger partial charge in [-0.05, 0) is 132 Å². The summed E-state index contributed by atoms with van der Waals surface area (Å²) in [6, 6.07) is 35.1. The van der Waals surface area contributed by atoms with Gasteiger partial charge in [-0.1, -0.05) is 36.4 Å². The molecule has 7 aromatic rings. The molecule has 0 atom stereocenters. The Morgan fingerprint density at radius 3 is 1.31 bits per heavy atom. The van der Waals surface area contributed by atoms with Crippen LogP contribution in [0.3, 0.4) is 0 Å². The third-order valence-electron chi connectivity index (χ3n) is 10.3. The molecule has 1 radical (unpaired) electrons. The molecule has 0 saturated heterocycles. The van der Waals surface area contributed by atoms with Crippen LogP contribution in [0.2, 0.25) is 0 Å². The first kappa shape index (κ1) is 39.7. The van der Waals surface area contributed by atoms with E-state index in [4.69, 9.17) is 9.97 Å². The van der Waals surface area contributed by atoms with Gasteiger partial charge in [-0.15, -0.1) is 0 Å². The van der Waals surface area contributed by atoms with Crippen LogP contribution in [-0.4, -0.2) is 63.8 Å². The molecule has 0 spiro atoms. The van der Waals surface area contributed by atoms with Crippen molar-refractivity contribution in [1.29, 1.82) is 0 Å². The van der Waals surface area contributed by atoms with E-state index in [1.807, 2.05) is 59.2 Å². The fraction of sp³-hybridized carbons (Fsp3) is 0. The number of nitrogens with zero attached hydrogens (tertiary/aromatic N) is 3. The minimum atomic E-state index is -1.12. The van der Waals surface area contributed by atoms with E-state index in [0.29, 0.717) is 72.9 Å². The summed E-state index contributed by atoms with van der Waals surface area (Å²) in [5.74, 6) is -4.45. The Morgan fingerprint density at radius 2 is 0.836 bits per heavy atom. The maximum Gasteiger partial charge on any atom is 0.335 e. The first-order chi connectivity index (χ1) is 29.0. The van der Waals surface area contributed by atoms with Gasteiger partial charge < -0.3 is 30.0 Å². The fourth-order valence-electron chi connectivity index (χ4n) is 7.51. The Morgan fingerprint density at radius 1 is 0.443 bits per heavy atom. The van der Waals surface area contributed by atoms with Gasteiger partial charge in [0, 0.05) is 50.2 Å². The van der Waals surface area contributed by atoms with Crippen molar-refractivity contribution in [1.82, 2.24) is 19.5 Å². The molecule has 0 amide bonds. The molecule has 0 fully saturated rings. The maximum absolute atomic E-state index is 12.1. The van der Waals surface area contributed by atoms with Crippen molar-refractivity contribution in [3.8, 4) is 39.1 Å². The minimum Gasteiger partial charge on any atom is -0.478 e. The van der Waals surface area contributed by atoms with Gasteiger partial charge in [0.15, 0.2) is 0 Å². The van der Waals surface area contributed by atoms with E-state index in [1.165, 1.54) is 48.5 Å². The van der Waals surface area contributed by atoms with Gasteiger partial charge in [-0.2, -0.15) is 0 Å². The number of aromatic nitrogens is 4. The molecular weight excluding hydrogens is 819 g/mol. The Bertz CT molecular complexity index is 3180. The summed E-state index contributed by atoms with van der Waals surface area (Å²) in [6.45, 7) is 0. The summed E-state index contributed by atoms with van der Waals surface area (Å²) < 4.78 is 1.95. The molecule has 5 heterocycles. The average Bonchev–Trinajstić information content (AvgIpc) is 4.06. The van der Waals surface area contributed by atoms with Crippen LogP contribution in [0.25, 0.3) is 85.4 Å². The van der Waals surface area contributed by atoms with Crippen LogP contribution in [0.15, 0.2) is 127 Å². The summed E-state index contributed by atoms with van der Waals surface area (Å²) in [6.07, 6.45) is 7.46. The number of aromatic carboxylic acids is 4. The molecule has 0 aliphatic carbocycles. The molecule has 0 unspecified atom stereocenters. The summed E-state index contributed by atoms with van der Waals surface area (Å²) in [7, 11) is 0. The number of nitrogens with one attached hydrogen (secondary N) is 1. The Hall–Kier alpha value is -8.13. The third kappa shape index (κ3) is 7.53. The number of carbonyl (C=O) groups is 4. The Balaban J connectivity index is 0.00000514. The number of carboxylic acids is 4. The zero-order chi connectivity index (χ0) is 41.7. The molecule has 3 aromatic heterocycles. The quantitative estimate of drug-likeness (QED) is 0.0982. The van der Waals surface area contributed by atoms with Crippen LogP contribution >= 0.6 is 0 Å². The van der Waals surface area contributed by atoms with E-state index in [1.54, 1.807) is 48.5 Å². The number of H-pyrrole nitrogens is 1. The summed E-state index contributed by atoms with van der Waals surface area (Å²) >= 11 is 0. The zero-order valence-electron chi connectivity index (χ0n) is 31.5. The molecule has 2 aliphatic heterocycles. The van der Waals surface area contributed by atoms with E-state index in [2.05, 4.69) is 4.98 Å². The number of benzene rings is 4. The summed E-state index contributed by atoms with van der Waals surface area (Å²) in [5.41, 5.74) is 9.34. The second-order valence-electron chi connectivity index (χ2n) is 14.0. The van der Waals surface area contributed by atoms with Gasteiger partial charge in [-0.3, -0.25) is 0 Å². The molecule has 299 valence electrons. The predicted octanol–water partition coefficient (Wildman–Crippen LogP) is 9.91. The molecule has 9 rings (SSSR count). The van der Waals surface area contributed by atoms with Crippen molar-refractivity contribution in [3.63, 3.8) is 0 Å². The monoisotopic (exact) mass is 849 g/mol. The first-order valence-corrected chi connectivity index (χ1v) is 18.5. The average molecular weight is 850 g/mol. The summed E-state index contributed by atoms with van der Waals surface area (Å²) in [4.78, 5) is 61.9. The molecule has 5 N–H and O–H groups in total. The van der Waals surface area contributed by atoms with Crippen LogP contribution in [0.1, 0.15) is 64.2 Å². The van der Waals surface area contributed by atoms with Crippen molar-refractivity contribution in [2.75, 3.05) is 0 Å². The predicted molar refractivity (Wildman–Crippen MR) is 228 cm³/mol.